The molecular weight excluding hydrogens is 474 g/mol. The Morgan fingerprint density at radius 2 is 1.85 bits per heavy atom. The van der Waals surface area contributed by atoms with Crippen LogP contribution in [0.15, 0.2) is 53.9 Å². The molecule has 0 saturated carbocycles. The predicted octanol–water partition coefficient (Wildman–Crippen LogP) is 5.68. The minimum Gasteiger partial charge on any atom is -0.447 e. The molecule has 1 aliphatic rings. The Bertz CT molecular complexity index is 1130. The average molecular weight is 500 g/mol. The molecule has 2 heterocycles. The van der Waals surface area contributed by atoms with Crippen LogP contribution in [0.2, 0.25) is 5.02 Å². The number of hydrogen-bond donors (Lipinski definition) is 1. The number of piperidine rings is 1. The van der Waals surface area contributed by atoms with Crippen molar-refractivity contribution in [2.24, 2.45) is 0 Å². The van der Waals surface area contributed by atoms with Crippen LogP contribution >= 0.6 is 22.9 Å². The zero-order chi connectivity index (χ0) is 23.9. The topological polar surface area (TPSA) is 80.8 Å². The Morgan fingerprint density at radius 3 is 2.59 bits per heavy atom. The van der Waals surface area contributed by atoms with E-state index in [1.165, 1.54) is 11.3 Å². The molecule has 4 rings (SSSR count). The Morgan fingerprint density at radius 1 is 1.12 bits per heavy atom. The molecule has 0 spiro atoms. The number of carbonyl (C=O) groups is 2. The SMILES string of the molecule is COCCOC(=O)N1CCC(c2nc(C(=O)Nc3ccccc3-c3ccc(Cl)cc3)cs2)CC1. The molecule has 1 N–H and O–H groups in total. The van der Waals surface area contributed by atoms with Crippen LogP contribution in [0.4, 0.5) is 10.5 Å². The van der Waals surface area contributed by atoms with Gasteiger partial charge in [0.05, 0.1) is 11.6 Å². The number of ether oxygens (including phenoxy) is 2. The molecule has 178 valence electrons. The summed E-state index contributed by atoms with van der Waals surface area (Å²) in [5.41, 5.74) is 2.98. The first-order chi connectivity index (χ1) is 16.5. The number of carbonyl (C=O) groups excluding carboxylic acids is 2. The fraction of sp³-hybridized carbons (Fsp3) is 0.320. The minimum absolute atomic E-state index is 0.218. The smallest absolute Gasteiger partial charge is 0.409 e. The molecule has 9 heteroatoms. The van der Waals surface area contributed by atoms with E-state index in [1.54, 1.807) is 17.4 Å². The second-order valence-corrected chi connectivity index (χ2v) is 9.27. The molecule has 34 heavy (non-hydrogen) atoms. The van der Waals surface area contributed by atoms with Gasteiger partial charge >= 0.3 is 6.09 Å². The highest BCUT2D eigenvalue weighted by Crippen LogP contribution is 2.32. The minimum atomic E-state index is -0.311. The van der Waals surface area contributed by atoms with Crippen molar-refractivity contribution in [3.63, 3.8) is 0 Å². The Labute approximate surface area is 207 Å². The van der Waals surface area contributed by atoms with Gasteiger partial charge in [-0.1, -0.05) is 41.9 Å². The fourth-order valence-corrected chi connectivity index (χ4v) is 4.95. The fourth-order valence-electron chi connectivity index (χ4n) is 3.85. The van der Waals surface area contributed by atoms with Crippen molar-refractivity contribution < 1.29 is 19.1 Å². The summed E-state index contributed by atoms with van der Waals surface area (Å²) < 4.78 is 10.1. The first-order valence-corrected chi connectivity index (χ1v) is 12.3. The molecule has 2 amide bonds. The molecule has 3 aromatic rings. The highest BCUT2D eigenvalue weighted by Gasteiger charge is 2.27. The largest absolute Gasteiger partial charge is 0.447 e. The lowest BCUT2D eigenvalue weighted by Gasteiger charge is -2.30. The number of likely N-dealkylation sites (tertiary alicyclic amines) is 1. The van der Waals surface area contributed by atoms with Crippen LogP contribution in [0.3, 0.4) is 0 Å². The lowest BCUT2D eigenvalue weighted by Crippen LogP contribution is -2.38. The predicted molar refractivity (Wildman–Crippen MR) is 134 cm³/mol. The molecule has 0 aliphatic carbocycles. The van der Waals surface area contributed by atoms with E-state index in [-0.39, 0.29) is 24.5 Å². The average Bonchev–Trinajstić information content (AvgIpc) is 3.36. The van der Waals surface area contributed by atoms with Gasteiger partial charge in [-0.25, -0.2) is 9.78 Å². The number of amides is 2. The van der Waals surface area contributed by atoms with Crippen molar-refractivity contribution in [3.8, 4) is 11.1 Å². The van der Waals surface area contributed by atoms with E-state index >= 15 is 0 Å². The van der Waals surface area contributed by atoms with Crippen LogP contribution < -0.4 is 5.32 Å². The molecule has 0 unspecified atom stereocenters. The maximum atomic E-state index is 12.9. The molecule has 1 saturated heterocycles. The summed E-state index contributed by atoms with van der Waals surface area (Å²) in [5.74, 6) is -0.0287. The molecule has 1 fully saturated rings. The van der Waals surface area contributed by atoms with Gasteiger partial charge in [-0.05, 0) is 36.6 Å². The third-order valence-electron chi connectivity index (χ3n) is 5.70. The van der Waals surface area contributed by atoms with Gasteiger partial charge in [-0.3, -0.25) is 4.79 Å². The van der Waals surface area contributed by atoms with Gasteiger partial charge in [-0.2, -0.15) is 0 Å². The maximum Gasteiger partial charge on any atom is 0.409 e. The van der Waals surface area contributed by atoms with Gasteiger partial charge in [0.1, 0.15) is 12.3 Å². The van der Waals surface area contributed by atoms with Crippen LogP contribution in [-0.2, 0) is 9.47 Å². The van der Waals surface area contributed by atoms with Crippen molar-refractivity contribution >= 4 is 40.6 Å². The molecule has 0 bridgehead atoms. The van der Waals surface area contributed by atoms with E-state index in [4.69, 9.17) is 21.1 Å². The number of aromatic nitrogens is 1. The van der Waals surface area contributed by atoms with Crippen molar-refractivity contribution in [1.29, 1.82) is 0 Å². The second kappa shape index (κ2) is 11.5. The number of methoxy groups -OCH3 is 1. The van der Waals surface area contributed by atoms with Gasteiger partial charge in [0.15, 0.2) is 0 Å². The quantitative estimate of drug-likeness (QED) is 0.423. The zero-order valence-electron chi connectivity index (χ0n) is 18.8. The number of benzene rings is 2. The Hall–Kier alpha value is -2.94. The van der Waals surface area contributed by atoms with E-state index in [2.05, 4.69) is 10.3 Å². The van der Waals surface area contributed by atoms with E-state index in [9.17, 15) is 9.59 Å². The van der Waals surface area contributed by atoms with E-state index < -0.39 is 0 Å². The third-order valence-corrected chi connectivity index (χ3v) is 6.96. The molecule has 1 aliphatic heterocycles. The second-order valence-electron chi connectivity index (χ2n) is 7.95. The third kappa shape index (κ3) is 5.94. The number of nitrogens with zero attached hydrogens (tertiary/aromatic N) is 2. The van der Waals surface area contributed by atoms with Crippen LogP contribution in [0.5, 0.6) is 0 Å². The van der Waals surface area contributed by atoms with Crippen LogP contribution in [0.1, 0.15) is 34.3 Å². The molecule has 7 nitrogen and oxygen atoms in total. The lowest BCUT2D eigenvalue weighted by atomic mass is 9.98. The number of para-hydroxylation sites is 1. The van der Waals surface area contributed by atoms with E-state index in [1.807, 2.05) is 48.5 Å². The van der Waals surface area contributed by atoms with Crippen molar-refractivity contribution in [3.05, 3.63) is 69.6 Å². The Kier molecular flexibility index (Phi) is 8.16. The van der Waals surface area contributed by atoms with Gasteiger partial charge < -0.3 is 19.7 Å². The van der Waals surface area contributed by atoms with Gasteiger partial charge in [0.25, 0.3) is 5.91 Å². The van der Waals surface area contributed by atoms with Gasteiger partial charge in [0, 0.05) is 47.8 Å². The summed E-state index contributed by atoms with van der Waals surface area (Å²) in [7, 11) is 1.57. The van der Waals surface area contributed by atoms with E-state index in [0.717, 1.165) is 29.0 Å². The number of hydrogen-bond acceptors (Lipinski definition) is 6. The number of rotatable bonds is 7. The molecule has 2 aromatic carbocycles. The highest BCUT2D eigenvalue weighted by molar-refractivity contribution is 7.10. The molecular formula is C25H26ClN3O4S. The maximum absolute atomic E-state index is 12.9. The van der Waals surface area contributed by atoms with Crippen molar-refractivity contribution in [1.82, 2.24) is 9.88 Å². The summed E-state index contributed by atoms with van der Waals surface area (Å²) in [5, 5.41) is 6.37. The molecule has 0 atom stereocenters. The number of anilines is 1. The van der Waals surface area contributed by atoms with Crippen LogP contribution in [0.25, 0.3) is 11.1 Å². The number of thiazole rings is 1. The first-order valence-electron chi connectivity index (χ1n) is 11.1. The number of halogens is 1. The number of nitrogens with one attached hydrogen (secondary N) is 1. The zero-order valence-corrected chi connectivity index (χ0v) is 20.4. The monoisotopic (exact) mass is 499 g/mol. The normalized spacial score (nSPS) is 14.1. The van der Waals surface area contributed by atoms with Gasteiger partial charge in [0.2, 0.25) is 0 Å². The van der Waals surface area contributed by atoms with Crippen LogP contribution in [0, 0.1) is 0 Å². The summed E-state index contributed by atoms with van der Waals surface area (Å²) in [6.45, 7) is 1.84. The lowest BCUT2D eigenvalue weighted by molar-refractivity contribution is 0.0659. The Balaban J connectivity index is 1.37. The van der Waals surface area contributed by atoms with E-state index in [0.29, 0.717) is 36.1 Å². The summed E-state index contributed by atoms with van der Waals surface area (Å²) in [6.07, 6.45) is 1.26. The highest BCUT2D eigenvalue weighted by atomic mass is 35.5. The summed E-state index contributed by atoms with van der Waals surface area (Å²) in [6, 6.07) is 15.1. The molecule has 1 aromatic heterocycles. The van der Waals surface area contributed by atoms with Crippen molar-refractivity contribution in [2.75, 3.05) is 38.7 Å². The van der Waals surface area contributed by atoms with Crippen molar-refractivity contribution in [2.45, 2.75) is 18.8 Å². The van der Waals surface area contributed by atoms with Crippen LogP contribution in [-0.4, -0.2) is 55.3 Å². The summed E-state index contributed by atoms with van der Waals surface area (Å²) in [4.78, 5) is 31.4. The summed E-state index contributed by atoms with van der Waals surface area (Å²) >= 11 is 7.50. The first kappa shape index (κ1) is 24.2. The molecule has 0 radical (unpaired) electrons. The standard InChI is InChI=1S/C25H26ClN3O4S/c1-32-14-15-33-25(31)29-12-10-18(11-13-29)24-28-22(16-34-24)23(30)27-21-5-3-2-4-20(21)17-6-8-19(26)9-7-17/h2-9,16,18H,10-15H2,1H3,(H,27,30). The van der Waals surface area contributed by atoms with Gasteiger partial charge in [-0.15, -0.1) is 11.3 Å².